The predicted molar refractivity (Wildman–Crippen MR) is 116 cm³/mol. The molecule has 30 heavy (non-hydrogen) atoms. The SMILES string of the molecule is CCCCCc1ccc(-c2ccc(/C=C/C3CCC(C(F)(F)F)CC3)cc2F)cc1. The van der Waals surface area contributed by atoms with Gasteiger partial charge in [-0.2, -0.15) is 13.2 Å². The maximum Gasteiger partial charge on any atom is 0.391 e. The second kappa shape index (κ2) is 10.3. The number of hydrogen-bond donors (Lipinski definition) is 0. The van der Waals surface area contributed by atoms with Crippen molar-refractivity contribution in [1.29, 1.82) is 0 Å². The van der Waals surface area contributed by atoms with Crippen molar-refractivity contribution >= 4 is 6.08 Å². The van der Waals surface area contributed by atoms with E-state index in [-0.39, 0.29) is 24.6 Å². The summed E-state index contributed by atoms with van der Waals surface area (Å²) < 4.78 is 53.0. The highest BCUT2D eigenvalue weighted by molar-refractivity contribution is 5.66. The molecule has 2 aromatic carbocycles. The Morgan fingerprint density at radius 2 is 1.63 bits per heavy atom. The third kappa shape index (κ3) is 6.20. The highest BCUT2D eigenvalue weighted by atomic mass is 19.4. The molecule has 0 amide bonds. The first-order chi connectivity index (χ1) is 14.4. The Bertz CT molecular complexity index is 825. The molecule has 0 aliphatic heterocycles. The van der Waals surface area contributed by atoms with E-state index in [0.29, 0.717) is 18.4 Å². The van der Waals surface area contributed by atoms with Gasteiger partial charge in [0.15, 0.2) is 0 Å². The Morgan fingerprint density at radius 1 is 0.933 bits per heavy atom. The molecule has 0 nitrogen and oxygen atoms in total. The molecule has 3 rings (SSSR count). The topological polar surface area (TPSA) is 0 Å². The zero-order valence-corrected chi connectivity index (χ0v) is 17.5. The third-order valence-corrected chi connectivity index (χ3v) is 6.12. The summed E-state index contributed by atoms with van der Waals surface area (Å²) in [4.78, 5) is 0. The van der Waals surface area contributed by atoms with Gasteiger partial charge in [-0.25, -0.2) is 4.39 Å². The minimum Gasteiger partial charge on any atom is -0.206 e. The molecule has 1 aliphatic carbocycles. The average molecular weight is 419 g/mol. The summed E-state index contributed by atoms with van der Waals surface area (Å²) >= 11 is 0. The molecule has 0 heterocycles. The van der Waals surface area contributed by atoms with E-state index < -0.39 is 12.1 Å². The molecule has 0 radical (unpaired) electrons. The molecule has 0 saturated heterocycles. The lowest BCUT2D eigenvalue weighted by Crippen LogP contribution is -2.27. The number of halogens is 4. The minimum atomic E-state index is -4.08. The molecule has 4 heteroatoms. The summed E-state index contributed by atoms with van der Waals surface area (Å²) in [7, 11) is 0. The molecule has 0 spiro atoms. The normalized spacial score (nSPS) is 20.0. The van der Waals surface area contributed by atoms with Crippen molar-refractivity contribution in [1.82, 2.24) is 0 Å². The van der Waals surface area contributed by atoms with Gasteiger partial charge in [-0.1, -0.05) is 68.3 Å². The van der Waals surface area contributed by atoms with Gasteiger partial charge in [-0.3, -0.25) is 0 Å². The number of rotatable bonds is 7. The van der Waals surface area contributed by atoms with E-state index in [1.54, 1.807) is 6.07 Å². The molecule has 162 valence electrons. The van der Waals surface area contributed by atoms with Crippen LogP contribution in [0.2, 0.25) is 0 Å². The van der Waals surface area contributed by atoms with Crippen molar-refractivity contribution in [2.75, 3.05) is 0 Å². The first-order valence-electron chi connectivity index (χ1n) is 11.0. The Balaban J connectivity index is 1.59. The number of unbranched alkanes of at least 4 members (excludes halogenated alkanes) is 2. The highest BCUT2D eigenvalue weighted by Gasteiger charge is 2.40. The van der Waals surface area contributed by atoms with Crippen LogP contribution in [0.5, 0.6) is 0 Å². The van der Waals surface area contributed by atoms with Crippen molar-refractivity contribution in [3.8, 4) is 11.1 Å². The van der Waals surface area contributed by atoms with Gasteiger partial charge >= 0.3 is 6.18 Å². The monoisotopic (exact) mass is 418 g/mol. The molecule has 0 unspecified atom stereocenters. The molecule has 1 saturated carbocycles. The molecular formula is C26H30F4. The van der Waals surface area contributed by atoms with E-state index in [9.17, 15) is 17.6 Å². The van der Waals surface area contributed by atoms with Crippen molar-refractivity contribution in [2.45, 2.75) is 64.5 Å². The zero-order valence-electron chi connectivity index (χ0n) is 17.5. The zero-order chi connectivity index (χ0) is 21.6. The minimum absolute atomic E-state index is 0.131. The van der Waals surface area contributed by atoms with E-state index >= 15 is 0 Å². The van der Waals surface area contributed by atoms with Crippen LogP contribution >= 0.6 is 0 Å². The second-order valence-corrected chi connectivity index (χ2v) is 8.41. The summed E-state index contributed by atoms with van der Waals surface area (Å²) in [6.07, 6.45) is 5.75. The van der Waals surface area contributed by atoms with Gasteiger partial charge < -0.3 is 0 Å². The second-order valence-electron chi connectivity index (χ2n) is 8.41. The number of aryl methyl sites for hydroxylation is 1. The van der Waals surface area contributed by atoms with E-state index in [1.165, 1.54) is 30.9 Å². The van der Waals surface area contributed by atoms with Crippen LogP contribution in [0.25, 0.3) is 17.2 Å². The lowest BCUT2D eigenvalue weighted by atomic mass is 9.81. The lowest BCUT2D eigenvalue weighted by Gasteiger charge is -2.28. The van der Waals surface area contributed by atoms with E-state index in [0.717, 1.165) is 17.5 Å². The van der Waals surface area contributed by atoms with Crippen molar-refractivity contribution in [2.24, 2.45) is 11.8 Å². The standard InChI is InChI=1S/C26H30F4/c1-2-3-4-5-19-8-13-22(14-9-19)24-17-12-21(18-25(24)27)7-6-20-10-15-23(16-11-20)26(28,29)30/h6-9,12-14,17-18,20,23H,2-5,10-11,15-16H2,1H3/b7-6+. The Labute approximate surface area is 177 Å². The Kier molecular flexibility index (Phi) is 7.74. The molecule has 0 bridgehead atoms. The van der Waals surface area contributed by atoms with Gasteiger partial charge in [-0.05, 0) is 67.2 Å². The summed E-state index contributed by atoms with van der Waals surface area (Å²) in [5.74, 6) is -1.32. The third-order valence-electron chi connectivity index (χ3n) is 6.12. The molecule has 0 atom stereocenters. The van der Waals surface area contributed by atoms with E-state index in [4.69, 9.17) is 0 Å². The van der Waals surface area contributed by atoms with Crippen LogP contribution in [0, 0.1) is 17.7 Å². The first-order valence-corrected chi connectivity index (χ1v) is 11.0. The van der Waals surface area contributed by atoms with E-state index in [2.05, 4.69) is 19.1 Å². The van der Waals surface area contributed by atoms with Gasteiger partial charge in [0.25, 0.3) is 0 Å². The van der Waals surface area contributed by atoms with Gasteiger partial charge in [0, 0.05) is 5.56 Å². The molecular weight excluding hydrogens is 388 g/mol. The van der Waals surface area contributed by atoms with Crippen LogP contribution in [0.15, 0.2) is 48.5 Å². The summed E-state index contributed by atoms with van der Waals surface area (Å²) in [5, 5.41) is 0. The van der Waals surface area contributed by atoms with Crippen molar-refractivity contribution in [3.63, 3.8) is 0 Å². The predicted octanol–water partition coefficient (Wildman–Crippen LogP) is 8.61. The maximum atomic E-state index is 14.7. The summed E-state index contributed by atoms with van der Waals surface area (Å²) in [5.41, 5.74) is 3.43. The Morgan fingerprint density at radius 3 is 2.23 bits per heavy atom. The van der Waals surface area contributed by atoms with Gasteiger partial charge in [-0.15, -0.1) is 0 Å². The van der Waals surface area contributed by atoms with Crippen LogP contribution in [0.3, 0.4) is 0 Å². The van der Waals surface area contributed by atoms with Gasteiger partial charge in [0.05, 0.1) is 5.92 Å². The lowest BCUT2D eigenvalue weighted by molar-refractivity contribution is -0.183. The maximum absolute atomic E-state index is 14.7. The van der Waals surface area contributed by atoms with Crippen molar-refractivity contribution in [3.05, 3.63) is 65.5 Å². The number of hydrogen-bond acceptors (Lipinski definition) is 0. The summed E-state index contributed by atoms with van der Waals surface area (Å²) in [6.45, 7) is 2.18. The molecule has 1 fully saturated rings. The fourth-order valence-corrected chi connectivity index (χ4v) is 4.19. The number of benzene rings is 2. The quantitative estimate of drug-likeness (QED) is 0.312. The van der Waals surface area contributed by atoms with Crippen molar-refractivity contribution < 1.29 is 17.6 Å². The fourth-order valence-electron chi connectivity index (χ4n) is 4.19. The molecule has 1 aliphatic rings. The molecule has 0 N–H and O–H groups in total. The van der Waals surface area contributed by atoms with Crippen LogP contribution in [-0.4, -0.2) is 6.18 Å². The first kappa shape index (κ1) is 22.6. The molecule has 0 aromatic heterocycles. The molecule has 2 aromatic rings. The number of allylic oxidation sites excluding steroid dienone is 1. The van der Waals surface area contributed by atoms with Crippen LogP contribution in [-0.2, 0) is 6.42 Å². The van der Waals surface area contributed by atoms with Gasteiger partial charge in [0.1, 0.15) is 5.82 Å². The Hall–Kier alpha value is -2.10. The summed E-state index contributed by atoms with van der Waals surface area (Å²) in [6, 6.07) is 13.2. The highest BCUT2D eigenvalue weighted by Crippen LogP contribution is 2.40. The number of alkyl halides is 3. The van der Waals surface area contributed by atoms with E-state index in [1.807, 2.05) is 30.4 Å². The smallest absolute Gasteiger partial charge is 0.206 e. The average Bonchev–Trinajstić information content (AvgIpc) is 2.73. The fraction of sp³-hybridized carbons (Fsp3) is 0.462. The largest absolute Gasteiger partial charge is 0.391 e. The van der Waals surface area contributed by atoms with Crippen LogP contribution < -0.4 is 0 Å². The van der Waals surface area contributed by atoms with Crippen LogP contribution in [0.1, 0.15) is 63.0 Å². The van der Waals surface area contributed by atoms with Gasteiger partial charge in [0.2, 0.25) is 0 Å². The van der Waals surface area contributed by atoms with Crippen LogP contribution in [0.4, 0.5) is 17.6 Å².